The Morgan fingerprint density at radius 1 is 1.36 bits per heavy atom. The first-order valence-electron chi connectivity index (χ1n) is 9.04. The molecule has 0 spiro atoms. The van der Waals surface area contributed by atoms with E-state index in [2.05, 4.69) is 30.9 Å². The zero-order valence-corrected chi connectivity index (χ0v) is 15.6. The molecule has 0 unspecified atom stereocenters. The van der Waals surface area contributed by atoms with E-state index in [4.69, 9.17) is 0 Å². The van der Waals surface area contributed by atoms with Crippen LogP contribution in [-0.4, -0.2) is 71.8 Å². The minimum absolute atomic E-state index is 0.0302. The number of aromatic nitrogens is 1. The van der Waals surface area contributed by atoms with Gasteiger partial charge in [-0.05, 0) is 31.6 Å². The van der Waals surface area contributed by atoms with Crippen LogP contribution in [-0.2, 0) is 9.59 Å². The van der Waals surface area contributed by atoms with E-state index in [0.29, 0.717) is 12.0 Å². The molecule has 0 N–H and O–H groups in total. The Labute approximate surface area is 149 Å². The third kappa shape index (κ3) is 3.27. The molecule has 1 aromatic heterocycles. The van der Waals surface area contributed by atoms with E-state index in [1.54, 1.807) is 24.3 Å². The number of pyridine rings is 1. The third-order valence-corrected chi connectivity index (χ3v) is 5.84. The number of carbonyl (C=O) groups excluding carboxylic acids is 2. The quantitative estimate of drug-likeness (QED) is 0.828. The summed E-state index contributed by atoms with van der Waals surface area (Å²) in [6.45, 7) is 3.71. The molecular weight excluding hydrogens is 316 g/mol. The van der Waals surface area contributed by atoms with Gasteiger partial charge in [0.2, 0.25) is 11.8 Å². The lowest BCUT2D eigenvalue weighted by Gasteiger charge is -2.28. The van der Waals surface area contributed by atoms with Crippen molar-refractivity contribution in [2.75, 3.05) is 34.2 Å². The maximum Gasteiger partial charge on any atom is 0.228 e. The van der Waals surface area contributed by atoms with Crippen molar-refractivity contribution in [3.05, 3.63) is 30.1 Å². The third-order valence-electron chi connectivity index (χ3n) is 5.84. The van der Waals surface area contributed by atoms with E-state index in [1.807, 2.05) is 17.0 Å². The minimum Gasteiger partial charge on any atom is -0.340 e. The van der Waals surface area contributed by atoms with Gasteiger partial charge in [-0.1, -0.05) is 19.4 Å². The van der Waals surface area contributed by atoms with Gasteiger partial charge in [-0.3, -0.25) is 14.6 Å². The first-order chi connectivity index (χ1) is 11.9. The second-order valence-corrected chi connectivity index (χ2v) is 7.49. The van der Waals surface area contributed by atoms with Crippen molar-refractivity contribution in [1.29, 1.82) is 0 Å². The predicted molar refractivity (Wildman–Crippen MR) is 95.7 cm³/mol. The number of nitrogens with zero attached hydrogens (tertiary/aromatic N) is 4. The Balaban J connectivity index is 1.82. The largest absolute Gasteiger partial charge is 0.340 e. The zero-order valence-electron chi connectivity index (χ0n) is 15.6. The molecule has 2 amide bonds. The number of amides is 2. The van der Waals surface area contributed by atoms with E-state index in [1.165, 1.54) is 0 Å². The number of rotatable bonds is 4. The molecule has 2 aliphatic heterocycles. The normalized spacial score (nSPS) is 29.7. The maximum absolute atomic E-state index is 13.3. The molecule has 0 saturated carbocycles. The fraction of sp³-hybridized carbons (Fsp3) is 0.632. The van der Waals surface area contributed by atoms with E-state index >= 15 is 0 Å². The van der Waals surface area contributed by atoms with Crippen LogP contribution in [0, 0.1) is 11.8 Å². The number of hydrogen-bond acceptors (Lipinski definition) is 4. The summed E-state index contributed by atoms with van der Waals surface area (Å²) in [6, 6.07) is 3.99. The first-order valence-corrected chi connectivity index (χ1v) is 9.04. The molecular formula is C19H28N4O2. The van der Waals surface area contributed by atoms with Gasteiger partial charge in [-0.2, -0.15) is 0 Å². The van der Waals surface area contributed by atoms with E-state index in [0.717, 1.165) is 25.1 Å². The molecule has 1 aromatic rings. The highest BCUT2D eigenvalue weighted by Gasteiger charge is 2.46. The molecule has 0 radical (unpaired) electrons. The molecule has 136 valence electrons. The molecule has 3 rings (SSSR count). The van der Waals surface area contributed by atoms with E-state index in [-0.39, 0.29) is 30.2 Å². The highest BCUT2D eigenvalue weighted by atomic mass is 16.2. The number of likely N-dealkylation sites (N-methyl/N-ethyl adjacent to an activating group) is 1. The summed E-state index contributed by atoms with van der Waals surface area (Å²) >= 11 is 0. The molecule has 2 fully saturated rings. The molecule has 0 aliphatic carbocycles. The molecule has 0 bridgehead atoms. The molecule has 25 heavy (non-hydrogen) atoms. The van der Waals surface area contributed by atoms with Gasteiger partial charge < -0.3 is 14.7 Å². The summed E-state index contributed by atoms with van der Waals surface area (Å²) in [6.07, 6.45) is 4.82. The Morgan fingerprint density at radius 2 is 2.12 bits per heavy atom. The van der Waals surface area contributed by atoms with E-state index in [9.17, 15) is 9.59 Å². The summed E-state index contributed by atoms with van der Waals surface area (Å²) in [4.78, 5) is 35.6. The minimum atomic E-state index is -0.319. The Bertz CT molecular complexity index is 634. The van der Waals surface area contributed by atoms with Crippen LogP contribution in [0.5, 0.6) is 0 Å². The van der Waals surface area contributed by atoms with Crippen molar-refractivity contribution in [3.8, 4) is 0 Å². The van der Waals surface area contributed by atoms with Crippen LogP contribution in [0.2, 0.25) is 0 Å². The van der Waals surface area contributed by atoms with Crippen LogP contribution in [0.1, 0.15) is 31.4 Å². The SMILES string of the molecule is CC[C@@H]1CN(C(=O)[C@@H]2CC(=O)N(C)[C@@H]2c2cccnc2)C[C@H]1N(C)C. The van der Waals surface area contributed by atoms with Crippen LogP contribution >= 0.6 is 0 Å². The van der Waals surface area contributed by atoms with E-state index < -0.39 is 0 Å². The second kappa shape index (κ2) is 7.12. The number of likely N-dealkylation sites (tertiary alicyclic amines) is 2. The highest BCUT2D eigenvalue weighted by Crippen LogP contribution is 2.39. The van der Waals surface area contributed by atoms with Crippen LogP contribution in [0.4, 0.5) is 0 Å². The van der Waals surface area contributed by atoms with Gasteiger partial charge in [0.1, 0.15) is 0 Å². The molecule has 6 heteroatoms. The molecule has 6 nitrogen and oxygen atoms in total. The number of hydrogen-bond donors (Lipinski definition) is 0. The standard InChI is InChI=1S/C19H28N4O2/c1-5-13-11-23(12-16(13)21(2)3)19(25)15-9-17(24)22(4)18(15)14-7-6-8-20-10-14/h6-8,10,13,15-16,18H,5,9,11-12H2,1-4H3/t13-,15-,16-,18-/m1/s1. The van der Waals surface area contributed by atoms with Gasteiger partial charge in [-0.15, -0.1) is 0 Å². The lowest BCUT2D eigenvalue weighted by atomic mass is 9.93. The summed E-state index contributed by atoms with van der Waals surface area (Å²) in [7, 11) is 5.94. The van der Waals surface area contributed by atoms with Crippen LogP contribution in [0.25, 0.3) is 0 Å². The molecule has 2 aliphatic rings. The fourth-order valence-electron chi connectivity index (χ4n) is 4.35. The monoisotopic (exact) mass is 344 g/mol. The van der Waals surface area contributed by atoms with Crippen LogP contribution in [0.3, 0.4) is 0 Å². The fourth-order valence-corrected chi connectivity index (χ4v) is 4.35. The van der Waals surface area contributed by atoms with Gasteiger partial charge in [0, 0.05) is 45.0 Å². The Kier molecular flexibility index (Phi) is 5.08. The lowest BCUT2D eigenvalue weighted by molar-refractivity contribution is -0.135. The predicted octanol–water partition coefficient (Wildman–Crippen LogP) is 1.40. The van der Waals surface area contributed by atoms with Crippen LogP contribution < -0.4 is 0 Å². The zero-order chi connectivity index (χ0) is 18.1. The lowest BCUT2D eigenvalue weighted by Crippen LogP contribution is -2.39. The highest BCUT2D eigenvalue weighted by molar-refractivity contribution is 5.90. The number of carbonyl (C=O) groups is 2. The topological polar surface area (TPSA) is 56.8 Å². The van der Waals surface area contributed by atoms with Gasteiger partial charge in [0.25, 0.3) is 0 Å². The summed E-state index contributed by atoms with van der Waals surface area (Å²) < 4.78 is 0. The van der Waals surface area contributed by atoms with Crippen molar-refractivity contribution < 1.29 is 9.59 Å². The molecule has 2 saturated heterocycles. The summed E-state index contributed by atoms with van der Waals surface area (Å²) in [5, 5.41) is 0. The van der Waals surface area contributed by atoms with Gasteiger partial charge >= 0.3 is 0 Å². The summed E-state index contributed by atoms with van der Waals surface area (Å²) in [5.41, 5.74) is 0.935. The van der Waals surface area contributed by atoms with Gasteiger partial charge in [-0.25, -0.2) is 0 Å². The van der Waals surface area contributed by atoms with Crippen LogP contribution in [0.15, 0.2) is 24.5 Å². The average molecular weight is 344 g/mol. The molecule has 0 aromatic carbocycles. The van der Waals surface area contributed by atoms with Crippen molar-refractivity contribution in [1.82, 2.24) is 19.7 Å². The van der Waals surface area contributed by atoms with Crippen molar-refractivity contribution in [3.63, 3.8) is 0 Å². The van der Waals surface area contributed by atoms with Crippen molar-refractivity contribution in [2.24, 2.45) is 11.8 Å². The van der Waals surface area contributed by atoms with Crippen molar-refractivity contribution >= 4 is 11.8 Å². The Hall–Kier alpha value is -1.95. The maximum atomic E-state index is 13.3. The van der Waals surface area contributed by atoms with Gasteiger partial charge in [0.15, 0.2) is 0 Å². The summed E-state index contributed by atoms with van der Waals surface area (Å²) in [5.74, 6) is 0.308. The second-order valence-electron chi connectivity index (χ2n) is 7.49. The Morgan fingerprint density at radius 3 is 2.68 bits per heavy atom. The van der Waals surface area contributed by atoms with Gasteiger partial charge in [0.05, 0.1) is 12.0 Å². The smallest absolute Gasteiger partial charge is 0.228 e. The molecule has 4 atom stereocenters. The average Bonchev–Trinajstić information content (AvgIpc) is 3.17. The van der Waals surface area contributed by atoms with Crippen molar-refractivity contribution in [2.45, 2.75) is 31.8 Å². The first kappa shape index (κ1) is 17.9. The molecule has 3 heterocycles.